The Hall–Kier alpha value is -2.68. The van der Waals surface area contributed by atoms with Gasteiger partial charge in [-0.3, -0.25) is 14.5 Å². The van der Waals surface area contributed by atoms with E-state index >= 15 is 0 Å². The lowest BCUT2D eigenvalue weighted by Crippen LogP contribution is -2.42. The van der Waals surface area contributed by atoms with Crippen LogP contribution < -0.4 is 4.74 Å². The number of carbonyl (C=O) groups excluding carboxylic acids is 2. The number of hydrogen-bond donors (Lipinski definition) is 1. The largest absolute Gasteiger partial charge is 0.507 e. The maximum Gasteiger partial charge on any atom is 0.295 e. The van der Waals surface area contributed by atoms with Gasteiger partial charge in [-0.2, -0.15) is 0 Å². The van der Waals surface area contributed by atoms with Crippen molar-refractivity contribution in [1.29, 1.82) is 0 Å². The second-order valence-electron chi connectivity index (χ2n) is 8.69. The average Bonchev–Trinajstić information content (AvgIpc) is 3.08. The summed E-state index contributed by atoms with van der Waals surface area (Å²) in [5, 5.41) is 11.2. The van der Waals surface area contributed by atoms with Crippen molar-refractivity contribution < 1.29 is 24.2 Å². The molecular formula is C26H29BrN2O5. The number of Topliss-reactive ketones (excluding diaryl/α,β-unsaturated/α-hetero) is 1. The zero-order valence-electron chi connectivity index (χ0n) is 19.4. The zero-order chi connectivity index (χ0) is 24.2. The number of halogens is 1. The van der Waals surface area contributed by atoms with E-state index in [2.05, 4.69) is 20.8 Å². The molecule has 0 aromatic heterocycles. The van der Waals surface area contributed by atoms with Crippen molar-refractivity contribution in [1.82, 2.24) is 9.80 Å². The molecule has 2 saturated heterocycles. The smallest absolute Gasteiger partial charge is 0.295 e. The summed E-state index contributed by atoms with van der Waals surface area (Å²) >= 11 is 3.44. The fourth-order valence-corrected chi connectivity index (χ4v) is 4.56. The van der Waals surface area contributed by atoms with Gasteiger partial charge in [-0.15, -0.1) is 0 Å². The predicted octanol–water partition coefficient (Wildman–Crippen LogP) is 3.99. The highest BCUT2D eigenvalue weighted by molar-refractivity contribution is 9.10. The van der Waals surface area contributed by atoms with Gasteiger partial charge in [0.15, 0.2) is 0 Å². The first kappa shape index (κ1) is 24.4. The molecule has 4 rings (SSSR count). The number of rotatable bonds is 7. The third-order valence-electron chi connectivity index (χ3n) is 5.99. The van der Waals surface area contributed by atoms with Gasteiger partial charge in [-0.05, 0) is 55.8 Å². The monoisotopic (exact) mass is 528 g/mol. The fourth-order valence-electron chi connectivity index (χ4n) is 4.30. The Morgan fingerprint density at radius 3 is 2.32 bits per heavy atom. The van der Waals surface area contributed by atoms with Crippen LogP contribution >= 0.6 is 15.9 Å². The standard InChI is InChI=1S/C26H29BrN2O5/c1-17(2)34-21-9-5-19(6-10-21)24(30)22-23(18-3-7-20(27)8-4-18)29(26(32)25(22)31)12-11-28-13-15-33-16-14-28/h3-10,17,23,30H,11-16H2,1-2H3/b24-22+. The van der Waals surface area contributed by atoms with E-state index in [1.807, 2.05) is 38.1 Å². The number of carbonyl (C=O) groups is 2. The Balaban J connectivity index is 1.69. The number of morpholine rings is 1. The molecule has 2 aliphatic rings. The summed E-state index contributed by atoms with van der Waals surface area (Å²) in [5.74, 6) is -0.782. The van der Waals surface area contributed by atoms with Gasteiger partial charge in [-0.1, -0.05) is 28.1 Å². The van der Waals surface area contributed by atoms with Gasteiger partial charge in [0, 0.05) is 36.2 Å². The molecule has 1 N–H and O–H groups in total. The number of ketones is 1. The summed E-state index contributed by atoms with van der Waals surface area (Å²) in [6, 6.07) is 13.7. The predicted molar refractivity (Wildman–Crippen MR) is 133 cm³/mol. The number of benzene rings is 2. The SMILES string of the molecule is CC(C)Oc1ccc(/C(O)=C2\C(=O)C(=O)N(CCN3CCOCC3)C2c2ccc(Br)cc2)cc1. The van der Waals surface area contributed by atoms with Crippen LogP contribution in [0.15, 0.2) is 58.6 Å². The Morgan fingerprint density at radius 2 is 1.71 bits per heavy atom. The van der Waals surface area contributed by atoms with Gasteiger partial charge < -0.3 is 19.5 Å². The normalized spacial score (nSPS) is 20.8. The molecule has 1 unspecified atom stereocenters. The first-order chi connectivity index (χ1) is 16.3. The van der Waals surface area contributed by atoms with Crippen molar-refractivity contribution in [2.45, 2.75) is 26.0 Å². The molecule has 0 spiro atoms. The Labute approximate surface area is 208 Å². The Bertz CT molecular complexity index is 1060. The van der Waals surface area contributed by atoms with Crippen LogP contribution in [0.25, 0.3) is 5.76 Å². The van der Waals surface area contributed by atoms with E-state index in [1.54, 1.807) is 29.2 Å². The van der Waals surface area contributed by atoms with E-state index in [4.69, 9.17) is 9.47 Å². The summed E-state index contributed by atoms with van der Waals surface area (Å²) < 4.78 is 12.0. The quantitative estimate of drug-likeness (QED) is 0.332. The van der Waals surface area contributed by atoms with E-state index in [0.717, 1.165) is 23.1 Å². The molecule has 0 radical (unpaired) electrons. The molecule has 2 aromatic rings. The maximum atomic E-state index is 13.2. The highest BCUT2D eigenvalue weighted by atomic mass is 79.9. The minimum absolute atomic E-state index is 0.0219. The van der Waals surface area contributed by atoms with Crippen LogP contribution in [0.2, 0.25) is 0 Å². The second kappa shape index (κ2) is 10.7. The number of amides is 1. The van der Waals surface area contributed by atoms with Gasteiger partial charge in [0.1, 0.15) is 11.5 Å². The first-order valence-corrected chi connectivity index (χ1v) is 12.3. The number of aliphatic hydroxyl groups excluding tert-OH is 1. The minimum atomic E-state index is -0.671. The van der Waals surface area contributed by atoms with E-state index < -0.39 is 17.7 Å². The molecule has 2 aromatic carbocycles. The summed E-state index contributed by atoms with van der Waals surface area (Å²) in [7, 11) is 0. The molecule has 8 heteroatoms. The number of nitrogens with zero attached hydrogens (tertiary/aromatic N) is 2. The molecule has 1 amide bonds. The summed E-state index contributed by atoms with van der Waals surface area (Å²) in [4.78, 5) is 30.1. The molecular weight excluding hydrogens is 500 g/mol. The molecule has 2 heterocycles. The number of hydrogen-bond acceptors (Lipinski definition) is 6. The Morgan fingerprint density at radius 1 is 1.06 bits per heavy atom. The van der Waals surface area contributed by atoms with E-state index in [1.165, 1.54) is 0 Å². The zero-order valence-corrected chi connectivity index (χ0v) is 21.0. The maximum absolute atomic E-state index is 13.2. The molecule has 2 aliphatic heterocycles. The van der Waals surface area contributed by atoms with Crippen molar-refractivity contribution in [3.63, 3.8) is 0 Å². The van der Waals surface area contributed by atoms with Crippen LogP contribution in [0.5, 0.6) is 5.75 Å². The van der Waals surface area contributed by atoms with Gasteiger partial charge in [0.05, 0.1) is 30.9 Å². The van der Waals surface area contributed by atoms with Crippen molar-refractivity contribution in [3.05, 3.63) is 69.7 Å². The van der Waals surface area contributed by atoms with Crippen molar-refractivity contribution in [3.8, 4) is 5.75 Å². The molecule has 7 nitrogen and oxygen atoms in total. The van der Waals surface area contributed by atoms with E-state index in [9.17, 15) is 14.7 Å². The summed E-state index contributed by atoms with van der Waals surface area (Å²) in [6.07, 6.45) is 0.0219. The van der Waals surface area contributed by atoms with E-state index in [0.29, 0.717) is 37.6 Å². The van der Waals surface area contributed by atoms with Crippen LogP contribution in [0.1, 0.15) is 31.0 Å². The Kier molecular flexibility index (Phi) is 7.70. The fraction of sp³-hybridized carbons (Fsp3) is 0.385. The second-order valence-corrected chi connectivity index (χ2v) is 9.60. The van der Waals surface area contributed by atoms with Crippen LogP contribution in [0.3, 0.4) is 0 Å². The van der Waals surface area contributed by atoms with Crippen LogP contribution in [0.4, 0.5) is 0 Å². The van der Waals surface area contributed by atoms with Gasteiger partial charge in [-0.25, -0.2) is 0 Å². The van der Waals surface area contributed by atoms with Gasteiger partial charge in [0.2, 0.25) is 0 Å². The summed E-state index contributed by atoms with van der Waals surface area (Å²) in [5.41, 5.74) is 1.34. The van der Waals surface area contributed by atoms with E-state index in [-0.39, 0.29) is 17.4 Å². The molecule has 34 heavy (non-hydrogen) atoms. The van der Waals surface area contributed by atoms with Gasteiger partial charge in [0.25, 0.3) is 11.7 Å². The topological polar surface area (TPSA) is 79.3 Å². The highest BCUT2D eigenvalue weighted by Gasteiger charge is 2.46. The molecule has 1 atom stereocenters. The molecule has 0 saturated carbocycles. The minimum Gasteiger partial charge on any atom is -0.507 e. The molecule has 180 valence electrons. The highest BCUT2D eigenvalue weighted by Crippen LogP contribution is 2.39. The van der Waals surface area contributed by atoms with Crippen molar-refractivity contribution in [2.24, 2.45) is 0 Å². The van der Waals surface area contributed by atoms with Gasteiger partial charge >= 0.3 is 0 Å². The number of aliphatic hydroxyl groups is 1. The van der Waals surface area contributed by atoms with Crippen LogP contribution in [0, 0.1) is 0 Å². The lowest BCUT2D eigenvalue weighted by atomic mass is 9.95. The summed E-state index contributed by atoms with van der Waals surface area (Å²) in [6.45, 7) is 7.77. The van der Waals surface area contributed by atoms with Crippen LogP contribution in [-0.4, -0.2) is 72.1 Å². The first-order valence-electron chi connectivity index (χ1n) is 11.5. The third kappa shape index (κ3) is 5.35. The molecule has 0 bridgehead atoms. The van der Waals surface area contributed by atoms with Crippen molar-refractivity contribution in [2.75, 3.05) is 39.4 Å². The lowest BCUT2D eigenvalue weighted by molar-refractivity contribution is -0.140. The number of ether oxygens (including phenoxy) is 2. The average molecular weight is 529 g/mol. The number of likely N-dealkylation sites (tertiary alicyclic amines) is 1. The van der Waals surface area contributed by atoms with Crippen LogP contribution in [-0.2, 0) is 14.3 Å². The lowest BCUT2D eigenvalue weighted by Gasteiger charge is -2.31. The molecule has 2 fully saturated rings. The third-order valence-corrected chi connectivity index (χ3v) is 6.51. The molecule has 0 aliphatic carbocycles. The van der Waals surface area contributed by atoms with Crippen molar-refractivity contribution >= 4 is 33.4 Å².